The third kappa shape index (κ3) is 6.00. The van der Waals surface area contributed by atoms with Gasteiger partial charge in [0.05, 0.1) is 16.6 Å². The van der Waals surface area contributed by atoms with Crippen molar-refractivity contribution in [3.05, 3.63) is 231 Å². The van der Waals surface area contributed by atoms with Crippen LogP contribution in [0.3, 0.4) is 0 Å². The molecule has 0 N–H and O–H groups in total. The van der Waals surface area contributed by atoms with Crippen molar-refractivity contribution < 1.29 is 0 Å². The number of benzene rings is 10. The Morgan fingerprint density at radius 1 is 0.371 bits per heavy atom. The summed E-state index contributed by atoms with van der Waals surface area (Å²) >= 11 is 0. The maximum absolute atomic E-state index is 5.05. The van der Waals surface area contributed by atoms with E-state index in [1.54, 1.807) is 0 Å². The standard InChI is InChI=1S/C58H38N4/c1-4-17-45(18-5-1)61(46-19-6-2-7-20-46)48-35-43(34-44(36-48)58-59-38-42-16-10-15-27-54(42)60-58)40-30-28-39(29-31-40)41-32-33-53-55(37-41)62(47-21-8-3-9-22-47)57-52-26-14-12-24-50(52)49-23-11-13-25-51(49)56(53)57/h1-38H. The molecule has 0 spiro atoms. The van der Waals surface area contributed by atoms with Crippen LogP contribution in [0.4, 0.5) is 17.1 Å². The van der Waals surface area contributed by atoms with Crippen molar-refractivity contribution in [1.82, 2.24) is 14.5 Å². The molecule has 0 saturated heterocycles. The molecule has 0 fully saturated rings. The first kappa shape index (κ1) is 35.6. The zero-order valence-corrected chi connectivity index (χ0v) is 33.7. The zero-order chi connectivity index (χ0) is 41.0. The number of hydrogen-bond acceptors (Lipinski definition) is 3. The van der Waals surface area contributed by atoms with E-state index in [0.717, 1.165) is 61.5 Å². The van der Waals surface area contributed by atoms with Crippen LogP contribution in [0, 0.1) is 0 Å². The molecular formula is C58H38N4. The molecule has 0 bridgehead atoms. The Bertz CT molecular complexity index is 3580. The SMILES string of the molecule is c1ccc(N(c2ccccc2)c2cc(-c3ccc(-c4ccc5c6c7ccccc7c7ccccc7c6n(-c6ccccc6)c5c4)cc3)cc(-c3ncc4ccccc4n3)c2)cc1. The molecular weight excluding hydrogens is 753 g/mol. The molecule has 4 heteroatoms. The van der Waals surface area contributed by atoms with Gasteiger partial charge in [0.2, 0.25) is 0 Å². The van der Waals surface area contributed by atoms with E-state index >= 15 is 0 Å². The highest BCUT2D eigenvalue weighted by Gasteiger charge is 2.20. The Morgan fingerprint density at radius 3 is 1.63 bits per heavy atom. The van der Waals surface area contributed by atoms with Crippen molar-refractivity contribution in [2.75, 3.05) is 4.90 Å². The summed E-state index contributed by atoms with van der Waals surface area (Å²) < 4.78 is 2.46. The van der Waals surface area contributed by atoms with Crippen molar-refractivity contribution in [3.63, 3.8) is 0 Å². The van der Waals surface area contributed by atoms with Crippen molar-refractivity contribution in [3.8, 4) is 39.3 Å². The van der Waals surface area contributed by atoms with Gasteiger partial charge in [0.25, 0.3) is 0 Å². The summed E-state index contributed by atoms with van der Waals surface area (Å²) in [5, 5.41) is 8.60. The molecule has 0 amide bonds. The summed E-state index contributed by atoms with van der Waals surface area (Å²) in [6.07, 6.45) is 1.92. The van der Waals surface area contributed by atoms with E-state index in [9.17, 15) is 0 Å². The molecule has 2 aromatic heterocycles. The molecule has 2 heterocycles. The number of hydrogen-bond donors (Lipinski definition) is 0. The zero-order valence-electron chi connectivity index (χ0n) is 33.7. The van der Waals surface area contributed by atoms with E-state index in [0.29, 0.717) is 5.82 Å². The van der Waals surface area contributed by atoms with Gasteiger partial charge in [-0.25, -0.2) is 9.97 Å². The normalized spacial score (nSPS) is 11.5. The third-order valence-corrected chi connectivity index (χ3v) is 12.2. The molecule has 290 valence electrons. The van der Waals surface area contributed by atoms with Crippen LogP contribution >= 0.6 is 0 Å². The minimum Gasteiger partial charge on any atom is -0.310 e. The number of aromatic nitrogens is 3. The molecule has 10 aromatic carbocycles. The number of nitrogens with zero attached hydrogens (tertiary/aromatic N) is 4. The first-order valence-corrected chi connectivity index (χ1v) is 21.1. The summed E-state index contributed by atoms with van der Waals surface area (Å²) in [7, 11) is 0. The number of fused-ring (bicyclic) bond motifs is 9. The second-order valence-corrected chi connectivity index (χ2v) is 15.8. The lowest BCUT2D eigenvalue weighted by Crippen LogP contribution is -2.10. The van der Waals surface area contributed by atoms with Crippen molar-refractivity contribution >= 4 is 71.3 Å². The predicted octanol–water partition coefficient (Wildman–Crippen LogP) is 15.5. The molecule has 4 nitrogen and oxygen atoms in total. The topological polar surface area (TPSA) is 34.0 Å². The van der Waals surface area contributed by atoms with Crippen LogP contribution in [0.25, 0.3) is 93.6 Å². The minimum atomic E-state index is 0.687. The summed E-state index contributed by atoms with van der Waals surface area (Å²) in [6, 6.07) is 80.3. The Morgan fingerprint density at radius 2 is 0.919 bits per heavy atom. The van der Waals surface area contributed by atoms with E-state index in [2.05, 4.69) is 216 Å². The lowest BCUT2D eigenvalue weighted by atomic mass is 9.95. The average Bonchev–Trinajstić information content (AvgIpc) is 3.70. The molecule has 12 rings (SSSR count). The number of para-hydroxylation sites is 4. The third-order valence-electron chi connectivity index (χ3n) is 12.2. The molecule has 0 aliphatic carbocycles. The molecule has 0 unspecified atom stereocenters. The van der Waals surface area contributed by atoms with Gasteiger partial charge in [0.1, 0.15) is 0 Å². The highest BCUT2D eigenvalue weighted by molar-refractivity contribution is 6.32. The van der Waals surface area contributed by atoms with Gasteiger partial charge < -0.3 is 9.47 Å². The van der Waals surface area contributed by atoms with Crippen LogP contribution in [-0.4, -0.2) is 14.5 Å². The van der Waals surface area contributed by atoms with Gasteiger partial charge in [-0.05, 0) is 105 Å². The predicted molar refractivity (Wildman–Crippen MR) is 260 cm³/mol. The van der Waals surface area contributed by atoms with Crippen LogP contribution in [0.15, 0.2) is 231 Å². The second kappa shape index (κ2) is 14.7. The van der Waals surface area contributed by atoms with E-state index in [1.807, 2.05) is 24.4 Å². The first-order valence-electron chi connectivity index (χ1n) is 21.1. The lowest BCUT2D eigenvalue weighted by Gasteiger charge is -2.26. The van der Waals surface area contributed by atoms with Crippen LogP contribution in [-0.2, 0) is 0 Å². The maximum atomic E-state index is 5.05. The van der Waals surface area contributed by atoms with Gasteiger partial charge in [-0.15, -0.1) is 0 Å². The minimum absolute atomic E-state index is 0.687. The van der Waals surface area contributed by atoms with E-state index in [-0.39, 0.29) is 0 Å². The Labute approximate surface area is 359 Å². The van der Waals surface area contributed by atoms with Gasteiger partial charge in [-0.2, -0.15) is 0 Å². The quantitative estimate of drug-likeness (QED) is 0.151. The Hall–Kier alpha value is -8.34. The van der Waals surface area contributed by atoms with E-state index in [1.165, 1.54) is 43.4 Å². The first-order chi connectivity index (χ1) is 30.7. The highest BCUT2D eigenvalue weighted by atomic mass is 15.1. The monoisotopic (exact) mass is 790 g/mol. The maximum Gasteiger partial charge on any atom is 0.159 e. The lowest BCUT2D eigenvalue weighted by molar-refractivity contribution is 1.19. The molecule has 0 aliphatic rings. The van der Waals surface area contributed by atoms with Crippen LogP contribution in [0.5, 0.6) is 0 Å². The second-order valence-electron chi connectivity index (χ2n) is 15.8. The van der Waals surface area contributed by atoms with Crippen LogP contribution < -0.4 is 4.90 Å². The van der Waals surface area contributed by atoms with Crippen molar-refractivity contribution in [1.29, 1.82) is 0 Å². The van der Waals surface area contributed by atoms with Crippen LogP contribution in [0.1, 0.15) is 0 Å². The van der Waals surface area contributed by atoms with Crippen molar-refractivity contribution in [2.45, 2.75) is 0 Å². The summed E-state index contributed by atoms with van der Waals surface area (Å²) in [4.78, 5) is 12.2. The smallest absolute Gasteiger partial charge is 0.159 e. The summed E-state index contributed by atoms with van der Waals surface area (Å²) in [5.41, 5.74) is 13.1. The van der Waals surface area contributed by atoms with Gasteiger partial charge >= 0.3 is 0 Å². The number of rotatable bonds is 7. The molecule has 12 aromatic rings. The highest BCUT2D eigenvalue weighted by Crippen LogP contribution is 2.44. The number of anilines is 3. The largest absolute Gasteiger partial charge is 0.310 e. The molecule has 0 atom stereocenters. The van der Waals surface area contributed by atoms with Gasteiger partial charge in [0, 0.05) is 56.1 Å². The fourth-order valence-electron chi connectivity index (χ4n) is 9.30. The Kier molecular flexibility index (Phi) is 8.46. The van der Waals surface area contributed by atoms with Crippen LogP contribution in [0.2, 0.25) is 0 Å². The van der Waals surface area contributed by atoms with E-state index in [4.69, 9.17) is 9.97 Å². The summed E-state index contributed by atoms with van der Waals surface area (Å²) in [5.74, 6) is 0.687. The van der Waals surface area contributed by atoms with E-state index < -0.39 is 0 Å². The fraction of sp³-hybridized carbons (Fsp3) is 0. The van der Waals surface area contributed by atoms with Gasteiger partial charge in [0.15, 0.2) is 5.82 Å². The fourth-order valence-corrected chi connectivity index (χ4v) is 9.30. The van der Waals surface area contributed by atoms with Gasteiger partial charge in [-0.1, -0.05) is 158 Å². The van der Waals surface area contributed by atoms with Crippen molar-refractivity contribution in [2.24, 2.45) is 0 Å². The molecule has 62 heavy (non-hydrogen) atoms. The molecule has 0 aliphatic heterocycles. The summed E-state index contributed by atoms with van der Waals surface area (Å²) in [6.45, 7) is 0. The average molecular weight is 791 g/mol. The molecule has 0 saturated carbocycles. The Balaban J connectivity index is 1.02. The van der Waals surface area contributed by atoms with Gasteiger partial charge in [-0.3, -0.25) is 0 Å². The molecule has 0 radical (unpaired) electrons.